The Balaban J connectivity index is 1.35. The van der Waals surface area contributed by atoms with E-state index in [9.17, 15) is 20.1 Å². The molecule has 3 heterocycles. The van der Waals surface area contributed by atoms with Crippen LogP contribution in [0.2, 0.25) is 10.0 Å². The lowest BCUT2D eigenvalue weighted by Gasteiger charge is -2.32. The smallest absolute Gasteiger partial charge is 0.315 e. The van der Waals surface area contributed by atoms with Gasteiger partial charge in [-0.1, -0.05) is 108 Å². The van der Waals surface area contributed by atoms with Gasteiger partial charge in [0.1, 0.15) is 18.3 Å². The Bertz CT molecular complexity index is 2350. The van der Waals surface area contributed by atoms with Crippen molar-refractivity contribution in [1.29, 1.82) is 0 Å². The summed E-state index contributed by atoms with van der Waals surface area (Å²) in [5, 5.41) is 41.1. The first-order valence-corrected chi connectivity index (χ1v) is 22.4. The van der Waals surface area contributed by atoms with Crippen molar-refractivity contribution in [2.45, 2.75) is 82.7 Å². The molecule has 1 saturated heterocycles. The second-order valence-corrected chi connectivity index (χ2v) is 17.5. The van der Waals surface area contributed by atoms with Gasteiger partial charge in [0.25, 0.3) is 0 Å². The Labute approximate surface area is 384 Å². The van der Waals surface area contributed by atoms with Crippen LogP contribution in [0.25, 0.3) is 11.2 Å². The largest absolute Gasteiger partial charge is 0.394 e. The molecule has 4 aromatic carbocycles. The summed E-state index contributed by atoms with van der Waals surface area (Å²) in [6, 6.07) is 35.3. The molecule has 1 aliphatic heterocycles. The van der Waals surface area contributed by atoms with E-state index in [4.69, 9.17) is 48.6 Å². The number of carbonyl (C=O) groups is 1. The van der Waals surface area contributed by atoms with E-state index in [2.05, 4.69) is 67.5 Å². The summed E-state index contributed by atoms with van der Waals surface area (Å²) >= 11 is 12.6. The van der Waals surface area contributed by atoms with Gasteiger partial charge >= 0.3 is 6.03 Å². The monoisotopic (exact) mass is 909 g/mol. The summed E-state index contributed by atoms with van der Waals surface area (Å²) in [7, 11) is 0. The Morgan fingerprint density at radius 2 is 1.25 bits per heavy atom. The average Bonchev–Trinajstić information content (AvgIpc) is 3.79. The number of nitrogens with zero attached hydrogens (tertiary/aromatic N) is 6. The van der Waals surface area contributed by atoms with E-state index in [0.717, 1.165) is 22.3 Å². The molecule has 7 N–H and O–H groups in total. The molecule has 1 aliphatic rings. The summed E-state index contributed by atoms with van der Waals surface area (Å²) in [4.78, 5) is 32.0. The first-order valence-electron chi connectivity index (χ1n) is 21.6. The molecule has 0 bridgehead atoms. The number of benzene rings is 4. The van der Waals surface area contributed by atoms with Crippen LogP contribution in [0, 0.1) is 0 Å². The molecule has 2 amide bonds. The summed E-state index contributed by atoms with van der Waals surface area (Å²) in [6.45, 7) is 9.45. The van der Waals surface area contributed by atoms with Crippen LogP contribution in [-0.4, -0.2) is 114 Å². The maximum absolute atomic E-state index is 13.1. The Morgan fingerprint density at radius 1 is 0.734 bits per heavy atom. The number of aromatic nitrogens is 4. The van der Waals surface area contributed by atoms with Crippen LogP contribution >= 0.6 is 23.2 Å². The van der Waals surface area contributed by atoms with E-state index < -0.39 is 37.2 Å². The highest BCUT2D eigenvalue weighted by Crippen LogP contribution is 2.37. The van der Waals surface area contributed by atoms with Gasteiger partial charge < -0.3 is 41.3 Å². The highest BCUT2D eigenvalue weighted by Gasteiger charge is 2.45. The number of halogens is 2. The van der Waals surface area contributed by atoms with Crippen LogP contribution in [0.4, 0.5) is 16.6 Å². The minimum absolute atomic E-state index is 0.0378. The van der Waals surface area contributed by atoms with Gasteiger partial charge in [-0.15, -0.1) is 0 Å². The van der Waals surface area contributed by atoms with Crippen LogP contribution in [0.3, 0.4) is 0 Å². The fraction of sp³-hybridized carbons (Fsp3) is 0.375. The number of hydrogen-bond acceptors (Lipinski definition) is 11. The third-order valence-corrected chi connectivity index (χ3v) is 12.3. The first kappa shape index (κ1) is 46.7. The number of hydrogen-bond donors (Lipinski definition) is 6. The molecule has 7 rings (SSSR count). The van der Waals surface area contributed by atoms with Crippen LogP contribution in [0.15, 0.2) is 109 Å². The zero-order chi connectivity index (χ0) is 45.5. The molecule has 0 saturated carbocycles. The topological polar surface area (TPSA) is 187 Å². The van der Waals surface area contributed by atoms with Crippen molar-refractivity contribution in [1.82, 2.24) is 29.3 Å². The molecule has 16 heteroatoms. The molecule has 0 spiro atoms. The molecule has 1 fully saturated rings. The van der Waals surface area contributed by atoms with Gasteiger partial charge in [0, 0.05) is 60.1 Å². The van der Waals surface area contributed by atoms with E-state index >= 15 is 0 Å². The molecule has 0 aliphatic carbocycles. The van der Waals surface area contributed by atoms with Crippen molar-refractivity contribution < 1.29 is 24.9 Å². The van der Waals surface area contributed by atoms with E-state index in [1.165, 1.54) is 4.90 Å². The molecule has 0 unspecified atom stereocenters. The molecule has 2 aromatic heterocycles. The van der Waals surface area contributed by atoms with E-state index in [-0.39, 0.29) is 47.9 Å². The summed E-state index contributed by atoms with van der Waals surface area (Å²) in [6.07, 6.45) is -5.22. The fourth-order valence-corrected chi connectivity index (χ4v) is 8.72. The number of nitrogens with two attached hydrogens (primary N) is 1. The number of urea groups is 1. The van der Waals surface area contributed by atoms with Gasteiger partial charge in [-0.25, -0.2) is 19.7 Å². The standard InChI is InChI=1S/C48H57Cl2N9O5/c1-29(2)58(30(3)4)24-23-57(47(51)63)27-40-54-44(52-25-37(31-11-7-5-8-12-31)32-13-9-6-10-14-32)41-45(55-40)59(46-43(62)42(61)39(28-60)64-46)48(56-41)53-26-38(33-15-19-35(49)20-16-33)34-17-21-36(50)22-18-34/h5-22,29-30,37-39,42-43,46,60-62H,23-28H2,1-4H3,(H2,51,63)(H,53,56)(H,52,54,55)/t39-,42-,43-,46-/m1/s1. The van der Waals surface area contributed by atoms with Gasteiger partial charge in [0.2, 0.25) is 5.95 Å². The van der Waals surface area contributed by atoms with Crippen molar-refractivity contribution in [2.75, 3.05) is 43.4 Å². The van der Waals surface area contributed by atoms with Gasteiger partial charge in [0.05, 0.1) is 13.2 Å². The number of aliphatic hydroxyl groups is 3. The molecular formula is C48H57Cl2N9O5. The predicted molar refractivity (Wildman–Crippen MR) is 252 cm³/mol. The minimum Gasteiger partial charge on any atom is -0.394 e. The molecule has 6 aromatic rings. The van der Waals surface area contributed by atoms with Crippen molar-refractivity contribution >= 4 is 52.2 Å². The fourth-order valence-electron chi connectivity index (χ4n) is 8.47. The normalized spacial score (nSPS) is 17.7. The lowest BCUT2D eigenvalue weighted by atomic mass is 9.91. The second kappa shape index (κ2) is 21.1. The van der Waals surface area contributed by atoms with Crippen molar-refractivity contribution in [3.05, 3.63) is 147 Å². The van der Waals surface area contributed by atoms with Crippen LogP contribution in [0.1, 0.15) is 73.8 Å². The van der Waals surface area contributed by atoms with E-state index in [1.54, 1.807) is 4.57 Å². The quantitative estimate of drug-likeness (QED) is 0.0482. The number of imidazole rings is 1. The maximum atomic E-state index is 13.1. The third kappa shape index (κ3) is 10.8. The van der Waals surface area contributed by atoms with E-state index in [1.807, 2.05) is 84.9 Å². The van der Waals surface area contributed by atoms with Gasteiger partial charge in [-0.05, 0) is 74.2 Å². The zero-order valence-corrected chi connectivity index (χ0v) is 37.9. The summed E-state index contributed by atoms with van der Waals surface area (Å²) in [5.74, 6) is 0.546. The van der Waals surface area contributed by atoms with Gasteiger partial charge in [-0.3, -0.25) is 9.47 Å². The summed E-state index contributed by atoms with van der Waals surface area (Å²) in [5.41, 5.74) is 10.7. The number of nitrogens with one attached hydrogen (secondary N) is 2. The first-order chi connectivity index (χ1) is 30.8. The van der Waals surface area contributed by atoms with Crippen molar-refractivity contribution in [3.63, 3.8) is 0 Å². The minimum atomic E-state index is -1.48. The Kier molecular flexibility index (Phi) is 15.4. The Hall–Kier alpha value is -5.32. The number of amides is 2. The second-order valence-electron chi connectivity index (χ2n) is 16.7. The number of rotatable bonds is 19. The number of fused-ring (bicyclic) bond motifs is 1. The third-order valence-electron chi connectivity index (χ3n) is 11.8. The molecule has 4 atom stereocenters. The summed E-state index contributed by atoms with van der Waals surface area (Å²) < 4.78 is 7.78. The van der Waals surface area contributed by atoms with E-state index in [0.29, 0.717) is 47.6 Å². The maximum Gasteiger partial charge on any atom is 0.315 e. The van der Waals surface area contributed by atoms with Crippen molar-refractivity contribution in [2.24, 2.45) is 5.73 Å². The molecule has 14 nitrogen and oxygen atoms in total. The van der Waals surface area contributed by atoms with Crippen LogP contribution in [0.5, 0.6) is 0 Å². The molecule has 64 heavy (non-hydrogen) atoms. The lowest BCUT2D eigenvalue weighted by molar-refractivity contribution is -0.0501. The van der Waals surface area contributed by atoms with Crippen LogP contribution in [-0.2, 0) is 11.3 Å². The lowest BCUT2D eigenvalue weighted by Crippen LogP contribution is -2.45. The number of aliphatic hydroxyl groups excluding tert-OH is 3. The van der Waals surface area contributed by atoms with Crippen LogP contribution < -0.4 is 16.4 Å². The van der Waals surface area contributed by atoms with Gasteiger partial charge in [-0.2, -0.15) is 0 Å². The highest BCUT2D eigenvalue weighted by molar-refractivity contribution is 6.30. The molecule has 338 valence electrons. The zero-order valence-electron chi connectivity index (χ0n) is 36.4. The highest BCUT2D eigenvalue weighted by atomic mass is 35.5. The average molecular weight is 911 g/mol. The SMILES string of the molecule is CC(C)N(CCN(Cc1nc(NCC(c2ccccc2)c2ccccc2)c2nc(NCC(c3ccc(Cl)cc3)c3ccc(Cl)cc3)n([C@@H]3O[C@H](CO)[C@@H](O)[C@H]3O)c2n1)C(N)=O)C(C)C. The molecule has 0 radical (unpaired) electrons. The predicted octanol–water partition coefficient (Wildman–Crippen LogP) is 7.23. The van der Waals surface area contributed by atoms with Crippen molar-refractivity contribution in [3.8, 4) is 0 Å². The number of carbonyl (C=O) groups excluding carboxylic acids is 1. The number of anilines is 2. The number of ether oxygens (including phenoxy) is 1. The van der Waals surface area contributed by atoms with Gasteiger partial charge in [0.15, 0.2) is 29.0 Å². The number of primary amides is 1. The Morgan fingerprint density at radius 3 is 1.73 bits per heavy atom. The molecular weight excluding hydrogens is 853 g/mol.